The van der Waals surface area contributed by atoms with Gasteiger partial charge in [-0.15, -0.1) is 0 Å². The molecule has 0 atom stereocenters. The fraction of sp³-hybridized carbons (Fsp3) is 0.407. The highest BCUT2D eigenvalue weighted by atomic mass is 127. The average molecular weight is 574 g/mol. The number of carbonyl (C=O) groups excluding carboxylic acids is 1. The highest BCUT2D eigenvalue weighted by Gasteiger charge is 2.42. The number of fused-ring (bicyclic) bond motifs is 4. The van der Waals surface area contributed by atoms with Crippen molar-refractivity contribution in [3.8, 4) is 11.5 Å². The molecule has 180 valence electrons. The monoisotopic (exact) mass is 574 g/mol. The number of carbonyl (C=O) groups is 1. The topological polar surface area (TPSA) is 62.1 Å². The lowest BCUT2D eigenvalue weighted by molar-refractivity contribution is 0.103. The lowest BCUT2D eigenvalue weighted by atomic mass is 9.71. The number of methoxy groups -OCH3 is 1. The first-order valence-electron chi connectivity index (χ1n) is 11.4. The van der Waals surface area contributed by atoms with Crippen LogP contribution >= 0.6 is 22.6 Å². The Hall–Kier alpha value is -2.39. The van der Waals surface area contributed by atoms with Crippen molar-refractivity contribution in [2.45, 2.75) is 43.8 Å². The Morgan fingerprint density at radius 2 is 1.91 bits per heavy atom. The minimum absolute atomic E-state index is 0.0203. The van der Waals surface area contributed by atoms with Gasteiger partial charge in [0.2, 0.25) is 0 Å². The zero-order valence-electron chi connectivity index (χ0n) is 20.6. The molecule has 0 amide bonds. The van der Waals surface area contributed by atoms with Crippen LogP contribution in [0.3, 0.4) is 0 Å². The highest BCUT2D eigenvalue weighted by Crippen LogP contribution is 2.48. The lowest BCUT2D eigenvalue weighted by Gasteiger charge is -2.34. The Labute approximate surface area is 214 Å². The van der Waals surface area contributed by atoms with E-state index in [2.05, 4.69) is 52.1 Å². The van der Waals surface area contributed by atoms with E-state index in [0.717, 1.165) is 37.8 Å². The number of alkyl halides is 1. The number of rotatable bonds is 8. The van der Waals surface area contributed by atoms with Crippen molar-refractivity contribution < 1.29 is 19.0 Å². The zero-order valence-corrected chi connectivity index (χ0v) is 22.7. The molecule has 2 aromatic carbocycles. The minimum atomic E-state index is -0.419. The molecule has 0 fully saturated rings. The first-order valence-corrected chi connectivity index (χ1v) is 12.9. The van der Waals surface area contributed by atoms with Crippen LogP contribution in [-0.2, 0) is 14.7 Å². The molecule has 0 aliphatic heterocycles. The van der Waals surface area contributed by atoms with Gasteiger partial charge in [0.05, 0.1) is 28.3 Å². The van der Waals surface area contributed by atoms with E-state index in [1.807, 2.05) is 44.3 Å². The Kier molecular flexibility index (Phi) is 7.05. The Bertz CT molecular complexity index is 1270. The van der Waals surface area contributed by atoms with Gasteiger partial charge in [0.1, 0.15) is 6.61 Å². The van der Waals surface area contributed by atoms with Gasteiger partial charge in [-0.3, -0.25) is 9.79 Å². The third-order valence-electron chi connectivity index (χ3n) is 6.21. The molecule has 0 saturated carbocycles. The fourth-order valence-electron chi connectivity index (χ4n) is 4.82. The molecule has 0 spiro atoms. The summed E-state index contributed by atoms with van der Waals surface area (Å²) in [6.45, 7) is 9.15. The summed E-state index contributed by atoms with van der Waals surface area (Å²) >= 11 is 2.37. The molecule has 1 aliphatic rings. The quantitative estimate of drug-likeness (QED) is 0.149. The third-order valence-corrected chi connectivity index (χ3v) is 6.90. The van der Waals surface area contributed by atoms with Crippen molar-refractivity contribution in [3.05, 3.63) is 58.3 Å². The van der Waals surface area contributed by atoms with Crippen molar-refractivity contribution in [3.63, 3.8) is 0 Å². The van der Waals surface area contributed by atoms with Crippen molar-refractivity contribution in [2.75, 3.05) is 27.4 Å². The predicted octanol–water partition coefficient (Wildman–Crippen LogP) is 5.77. The zero-order chi connectivity index (χ0) is 24.6. The van der Waals surface area contributed by atoms with Crippen LogP contribution in [0.5, 0.6) is 11.5 Å². The molecule has 1 aromatic heterocycles. The molecule has 7 heteroatoms. The van der Waals surface area contributed by atoms with Crippen LogP contribution in [0.1, 0.15) is 60.4 Å². The number of ketones is 1. The van der Waals surface area contributed by atoms with Gasteiger partial charge < -0.3 is 18.8 Å². The largest absolute Gasteiger partial charge is 0.487 e. The fourth-order valence-corrected chi connectivity index (χ4v) is 5.53. The van der Waals surface area contributed by atoms with Gasteiger partial charge in [-0.25, -0.2) is 0 Å². The molecule has 0 bridgehead atoms. The second-order valence-corrected chi connectivity index (χ2v) is 9.92. The van der Waals surface area contributed by atoms with Crippen molar-refractivity contribution in [1.82, 2.24) is 4.57 Å². The summed E-state index contributed by atoms with van der Waals surface area (Å²) in [4.78, 5) is 18.2. The summed E-state index contributed by atoms with van der Waals surface area (Å²) in [7, 11) is 3.41. The Balaban J connectivity index is 1.97. The summed E-state index contributed by atoms with van der Waals surface area (Å²) in [5.74, 6) is 1.23. The Morgan fingerprint density at radius 1 is 1.15 bits per heavy atom. The van der Waals surface area contributed by atoms with Gasteiger partial charge in [0.15, 0.2) is 17.3 Å². The van der Waals surface area contributed by atoms with Gasteiger partial charge in [0.25, 0.3) is 0 Å². The number of aliphatic imine (C=N–C) groups is 1. The Morgan fingerprint density at radius 3 is 2.56 bits per heavy atom. The first-order chi connectivity index (χ1) is 16.2. The van der Waals surface area contributed by atoms with Crippen LogP contribution in [0.25, 0.3) is 10.9 Å². The summed E-state index contributed by atoms with van der Waals surface area (Å²) in [6.07, 6.45) is 1.79. The van der Waals surface area contributed by atoms with Gasteiger partial charge in [-0.05, 0) is 43.2 Å². The van der Waals surface area contributed by atoms with Crippen LogP contribution in [0.15, 0.2) is 35.3 Å². The third kappa shape index (κ3) is 4.13. The van der Waals surface area contributed by atoms with Crippen molar-refractivity contribution in [2.24, 2.45) is 4.99 Å². The number of hydrogen-bond acceptors (Lipinski definition) is 5. The summed E-state index contributed by atoms with van der Waals surface area (Å²) in [5, 5.41) is 0.968. The number of ether oxygens (including phenoxy) is 3. The van der Waals surface area contributed by atoms with E-state index in [1.54, 1.807) is 14.2 Å². The SMILES string of the molecule is C/N=C/c1ccc2c3c(n(CI)c2c1)C(C)(C)c1cc(OCCOC)c(OC(C)C)cc1C3=O. The smallest absolute Gasteiger partial charge is 0.195 e. The molecular weight excluding hydrogens is 543 g/mol. The number of halogens is 1. The van der Waals surface area contributed by atoms with Crippen LogP contribution in [-0.4, -0.2) is 50.0 Å². The predicted molar refractivity (Wildman–Crippen MR) is 145 cm³/mol. The molecular formula is C27H31IN2O4. The molecule has 0 N–H and O–H groups in total. The highest BCUT2D eigenvalue weighted by molar-refractivity contribution is 14.1. The molecule has 0 unspecified atom stereocenters. The number of nitrogens with zero attached hydrogens (tertiary/aromatic N) is 2. The summed E-state index contributed by atoms with van der Waals surface area (Å²) in [6, 6.07) is 10.0. The normalized spacial score (nSPS) is 14.6. The average Bonchev–Trinajstić information content (AvgIpc) is 3.13. The van der Waals surface area contributed by atoms with Crippen LogP contribution < -0.4 is 9.47 Å². The van der Waals surface area contributed by atoms with Gasteiger partial charge in [-0.2, -0.15) is 0 Å². The van der Waals surface area contributed by atoms with E-state index in [-0.39, 0.29) is 11.9 Å². The van der Waals surface area contributed by atoms with E-state index >= 15 is 0 Å². The second kappa shape index (κ2) is 9.70. The van der Waals surface area contributed by atoms with Gasteiger partial charge in [0, 0.05) is 42.4 Å². The summed E-state index contributed by atoms with van der Waals surface area (Å²) < 4.78 is 20.2. The molecule has 1 heterocycles. The van der Waals surface area contributed by atoms with Crippen LogP contribution in [0.2, 0.25) is 0 Å². The maximum absolute atomic E-state index is 14.0. The number of aromatic nitrogens is 1. The standard InChI is InChI=1S/C27H31IN2O4/c1-16(2)34-23-12-19-20(13-22(23)33-10-9-32-6)27(3,4)26-24(25(19)31)18-8-7-17(14-29-5)11-21(18)30(26)15-28/h7-8,11-14,16H,9-10,15H2,1-6H3/b29-14+. The van der Waals surface area contributed by atoms with Gasteiger partial charge >= 0.3 is 0 Å². The van der Waals surface area contributed by atoms with E-state index in [1.165, 1.54) is 0 Å². The molecule has 0 saturated heterocycles. The van der Waals surface area contributed by atoms with E-state index in [9.17, 15) is 4.79 Å². The van der Waals surface area contributed by atoms with Crippen LogP contribution in [0.4, 0.5) is 0 Å². The maximum Gasteiger partial charge on any atom is 0.195 e. The molecule has 3 aromatic rings. The van der Waals surface area contributed by atoms with E-state index in [0.29, 0.717) is 30.3 Å². The lowest BCUT2D eigenvalue weighted by Crippen LogP contribution is -2.32. The summed E-state index contributed by atoms with van der Waals surface area (Å²) in [5.41, 5.74) is 5.04. The van der Waals surface area contributed by atoms with Gasteiger partial charge in [-0.1, -0.05) is 48.6 Å². The number of benzene rings is 2. The molecule has 34 heavy (non-hydrogen) atoms. The molecule has 4 rings (SSSR count). The maximum atomic E-state index is 14.0. The molecule has 0 radical (unpaired) electrons. The first kappa shape index (κ1) is 24.7. The minimum Gasteiger partial charge on any atom is -0.487 e. The molecule has 6 nitrogen and oxygen atoms in total. The van der Waals surface area contributed by atoms with E-state index < -0.39 is 5.41 Å². The van der Waals surface area contributed by atoms with Crippen molar-refractivity contribution in [1.29, 1.82) is 0 Å². The van der Waals surface area contributed by atoms with Crippen molar-refractivity contribution >= 4 is 45.5 Å². The second-order valence-electron chi connectivity index (χ2n) is 9.24. The van der Waals surface area contributed by atoms with E-state index in [4.69, 9.17) is 14.2 Å². The van der Waals surface area contributed by atoms with Crippen LogP contribution in [0, 0.1) is 0 Å². The number of hydrogen-bond donors (Lipinski definition) is 0. The molecule has 1 aliphatic carbocycles.